The predicted molar refractivity (Wildman–Crippen MR) is 110 cm³/mol. The first-order valence-corrected chi connectivity index (χ1v) is 9.65. The Morgan fingerprint density at radius 2 is 2.00 bits per heavy atom. The van der Waals surface area contributed by atoms with E-state index in [9.17, 15) is 9.59 Å². The van der Waals surface area contributed by atoms with Gasteiger partial charge in [-0.2, -0.15) is 0 Å². The van der Waals surface area contributed by atoms with Crippen LogP contribution >= 0.6 is 11.6 Å². The van der Waals surface area contributed by atoms with E-state index in [0.717, 1.165) is 12.8 Å². The van der Waals surface area contributed by atoms with Crippen LogP contribution in [0.5, 0.6) is 0 Å². The Morgan fingerprint density at radius 3 is 2.72 bits per heavy atom. The molecule has 0 spiro atoms. The number of hydrogen-bond acceptors (Lipinski definition) is 7. The highest BCUT2D eigenvalue weighted by atomic mass is 35.5. The number of H-pyrrole nitrogens is 1. The highest BCUT2D eigenvalue weighted by Crippen LogP contribution is 2.36. The van der Waals surface area contributed by atoms with Crippen molar-refractivity contribution in [3.05, 3.63) is 29.2 Å². The number of halogens is 1. The zero-order chi connectivity index (χ0) is 21.0. The molecule has 0 aliphatic carbocycles. The summed E-state index contributed by atoms with van der Waals surface area (Å²) in [6, 6.07) is 4.29. The number of esters is 1. The molecule has 1 aromatic heterocycles. The molecule has 1 amide bonds. The molecule has 1 aromatic carbocycles. The van der Waals surface area contributed by atoms with Crippen molar-refractivity contribution in [2.24, 2.45) is 5.73 Å². The summed E-state index contributed by atoms with van der Waals surface area (Å²) in [4.78, 5) is 31.5. The van der Waals surface area contributed by atoms with Crippen LogP contribution in [0.1, 0.15) is 37.5 Å². The third-order valence-corrected chi connectivity index (χ3v) is 5.08. The average Bonchev–Trinajstić information content (AvgIpc) is 3.10. The largest absolute Gasteiger partial charge is 0.467 e. The first-order valence-electron chi connectivity index (χ1n) is 9.27. The van der Waals surface area contributed by atoms with Gasteiger partial charge in [0.15, 0.2) is 0 Å². The second-order valence-electron chi connectivity index (χ2n) is 6.77. The number of nitrogens with one attached hydrogen (secondary N) is 3. The van der Waals surface area contributed by atoms with Gasteiger partial charge in [0.1, 0.15) is 22.7 Å². The number of ether oxygens (including phenoxy) is 2. The number of rotatable bonds is 2. The van der Waals surface area contributed by atoms with Crippen LogP contribution in [0, 0.1) is 0 Å². The minimum Gasteiger partial charge on any atom is -0.467 e. The maximum Gasteiger partial charge on any atom is 0.411 e. The van der Waals surface area contributed by atoms with Gasteiger partial charge in [0.05, 0.1) is 20.3 Å². The first kappa shape index (κ1) is 20.9. The van der Waals surface area contributed by atoms with Crippen molar-refractivity contribution in [2.75, 3.05) is 24.9 Å². The molecule has 0 unspecified atom stereocenters. The van der Waals surface area contributed by atoms with E-state index < -0.39 is 12.1 Å². The van der Waals surface area contributed by atoms with Gasteiger partial charge in [0, 0.05) is 16.9 Å². The third-order valence-electron chi connectivity index (χ3n) is 4.81. The number of benzene rings is 1. The number of nitrogens with zero attached hydrogens (tertiary/aromatic N) is 1. The lowest BCUT2D eigenvalue weighted by atomic mass is 10.0. The van der Waals surface area contributed by atoms with E-state index in [0.29, 0.717) is 46.5 Å². The number of anilines is 2. The second kappa shape index (κ2) is 9.15. The number of nitrogens with two attached hydrogens (primary N) is 1. The molecule has 1 aliphatic rings. The molecule has 1 aliphatic heterocycles. The minimum absolute atomic E-state index is 0.283. The van der Waals surface area contributed by atoms with Crippen molar-refractivity contribution in [1.29, 1.82) is 0 Å². The van der Waals surface area contributed by atoms with E-state index in [2.05, 4.69) is 25.3 Å². The van der Waals surface area contributed by atoms with Crippen LogP contribution in [0.25, 0.3) is 11.3 Å². The Morgan fingerprint density at radius 1 is 1.24 bits per heavy atom. The number of carbonyl (C=O) groups excluding carboxylic acids is 2. The van der Waals surface area contributed by atoms with E-state index in [4.69, 9.17) is 22.1 Å². The predicted octanol–water partition coefficient (Wildman–Crippen LogP) is 3.44. The number of aromatic nitrogens is 2. The van der Waals surface area contributed by atoms with Crippen LogP contribution in [0.2, 0.25) is 5.15 Å². The summed E-state index contributed by atoms with van der Waals surface area (Å²) in [5, 5.41) is 6.18. The van der Waals surface area contributed by atoms with E-state index >= 15 is 0 Å². The molecule has 3 rings (SSSR count). The average molecular weight is 422 g/mol. The molecular formula is C19H24ClN5O4. The molecule has 29 heavy (non-hydrogen) atoms. The molecule has 5 N–H and O–H groups in total. The van der Waals surface area contributed by atoms with Gasteiger partial charge in [-0.25, -0.2) is 14.6 Å². The monoisotopic (exact) mass is 421 g/mol. The standard InChI is InChI=1S/C19H24ClN5O4/c1-28-18(26)13-6-4-3-5-12(21)17-24-15(16(20)25-17)11-8-7-10(9-14(11)23-13)22-19(27)29-2/h7-9,12-13,23H,3-6,21H2,1-2H3,(H,22,27)(H,24,25)/t12-,13-/m0/s1. The van der Waals surface area contributed by atoms with E-state index in [1.54, 1.807) is 18.2 Å². The Bertz CT molecular complexity index is 901. The van der Waals surface area contributed by atoms with E-state index in [1.165, 1.54) is 14.2 Å². The normalized spacial score (nSPS) is 19.0. The topological polar surface area (TPSA) is 131 Å². The fraction of sp³-hybridized carbons (Fsp3) is 0.421. The molecule has 0 radical (unpaired) electrons. The maximum atomic E-state index is 12.3. The summed E-state index contributed by atoms with van der Waals surface area (Å²) in [6.45, 7) is 0. The van der Waals surface area contributed by atoms with Crippen molar-refractivity contribution in [2.45, 2.75) is 37.8 Å². The van der Waals surface area contributed by atoms with Crippen molar-refractivity contribution in [3.8, 4) is 11.3 Å². The van der Waals surface area contributed by atoms with Crippen LogP contribution in [-0.2, 0) is 14.3 Å². The lowest BCUT2D eigenvalue weighted by Gasteiger charge is -2.21. The molecule has 2 atom stereocenters. The Balaban J connectivity index is 2.09. The number of methoxy groups -OCH3 is 2. The zero-order valence-electron chi connectivity index (χ0n) is 16.3. The molecule has 10 heteroatoms. The van der Waals surface area contributed by atoms with Crippen LogP contribution in [-0.4, -0.2) is 42.3 Å². The molecular weight excluding hydrogens is 398 g/mol. The minimum atomic E-state index is -0.603. The molecule has 2 aromatic rings. The molecule has 2 bridgehead atoms. The number of carbonyl (C=O) groups is 2. The van der Waals surface area contributed by atoms with E-state index in [-0.39, 0.29) is 12.0 Å². The molecule has 0 saturated carbocycles. The molecule has 0 saturated heterocycles. The van der Waals surface area contributed by atoms with E-state index in [1.807, 2.05) is 0 Å². The van der Waals surface area contributed by atoms with Crippen LogP contribution in [0.15, 0.2) is 18.2 Å². The molecule has 9 nitrogen and oxygen atoms in total. The van der Waals surface area contributed by atoms with Gasteiger partial charge in [0.25, 0.3) is 0 Å². The Hall–Kier alpha value is -2.78. The first-order chi connectivity index (χ1) is 13.9. The van der Waals surface area contributed by atoms with Crippen molar-refractivity contribution < 1.29 is 19.1 Å². The number of aromatic amines is 1. The van der Waals surface area contributed by atoms with Crippen LogP contribution in [0.3, 0.4) is 0 Å². The van der Waals surface area contributed by atoms with Gasteiger partial charge in [-0.3, -0.25) is 5.32 Å². The summed E-state index contributed by atoms with van der Waals surface area (Å²) < 4.78 is 9.59. The summed E-state index contributed by atoms with van der Waals surface area (Å²) in [6.07, 6.45) is 2.28. The number of amides is 1. The van der Waals surface area contributed by atoms with Crippen molar-refractivity contribution >= 4 is 35.0 Å². The van der Waals surface area contributed by atoms with Gasteiger partial charge in [-0.05, 0) is 31.0 Å². The summed E-state index contributed by atoms with van der Waals surface area (Å²) in [7, 11) is 2.63. The summed E-state index contributed by atoms with van der Waals surface area (Å²) >= 11 is 6.40. The number of hydrogen-bond donors (Lipinski definition) is 4. The second-order valence-corrected chi connectivity index (χ2v) is 7.15. The van der Waals surface area contributed by atoms with Crippen molar-refractivity contribution in [3.63, 3.8) is 0 Å². The summed E-state index contributed by atoms with van der Waals surface area (Å²) in [5.41, 5.74) is 8.48. The lowest BCUT2D eigenvalue weighted by molar-refractivity contribution is -0.141. The van der Waals surface area contributed by atoms with Gasteiger partial charge in [-0.1, -0.05) is 24.4 Å². The fourth-order valence-electron chi connectivity index (χ4n) is 3.27. The molecule has 0 fully saturated rings. The van der Waals surface area contributed by atoms with Gasteiger partial charge < -0.3 is 25.5 Å². The Labute approximate surface area is 173 Å². The van der Waals surface area contributed by atoms with Crippen LogP contribution < -0.4 is 16.4 Å². The number of imidazole rings is 1. The smallest absolute Gasteiger partial charge is 0.411 e. The number of fused-ring (bicyclic) bond motifs is 4. The van der Waals surface area contributed by atoms with Crippen LogP contribution in [0.4, 0.5) is 16.2 Å². The quantitative estimate of drug-likeness (QED) is 0.546. The van der Waals surface area contributed by atoms with Gasteiger partial charge in [-0.15, -0.1) is 0 Å². The van der Waals surface area contributed by atoms with Gasteiger partial charge in [0.2, 0.25) is 0 Å². The summed E-state index contributed by atoms with van der Waals surface area (Å²) in [5.74, 6) is 0.232. The highest BCUT2D eigenvalue weighted by molar-refractivity contribution is 6.32. The van der Waals surface area contributed by atoms with Crippen molar-refractivity contribution in [1.82, 2.24) is 9.97 Å². The Kier molecular flexibility index (Phi) is 6.60. The molecule has 2 heterocycles. The zero-order valence-corrected chi connectivity index (χ0v) is 17.0. The SMILES string of the molecule is COC(=O)Nc1ccc2c(c1)N[C@H](C(=O)OC)CCCC[C@H](N)c1nc-2c(Cl)[nH]1. The molecule has 156 valence electrons. The fourth-order valence-corrected chi connectivity index (χ4v) is 3.51. The maximum absolute atomic E-state index is 12.3. The van der Waals surface area contributed by atoms with Gasteiger partial charge >= 0.3 is 12.1 Å². The lowest BCUT2D eigenvalue weighted by Crippen LogP contribution is -2.31. The third kappa shape index (κ3) is 4.80. The highest BCUT2D eigenvalue weighted by Gasteiger charge is 2.24.